The number of rotatable bonds is 7. The van der Waals surface area contributed by atoms with E-state index in [0.717, 1.165) is 18.2 Å². The number of nitrogens with one attached hydrogen (secondary N) is 2. The average Bonchev–Trinajstić information content (AvgIpc) is 3.23. The van der Waals surface area contributed by atoms with E-state index < -0.39 is 0 Å². The molecule has 0 bridgehead atoms. The highest BCUT2D eigenvalue weighted by Crippen LogP contribution is 2.32. The summed E-state index contributed by atoms with van der Waals surface area (Å²) >= 11 is 1.49. The van der Waals surface area contributed by atoms with E-state index in [2.05, 4.69) is 25.6 Å². The molecular formula is C18H19N5O3S. The molecule has 0 aromatic carbocycles. The first-order valence-electron chi connectivity index (χ1n) is 8.56. The molecule has 0 amide bonds. The third kappa shape index (κ3) is 4.91. The summed E-state index contributed by atoms with van der Waals surface area (Å²) in [5, 5.41) is 9.10. The summed E-state index contributed by atoms with van der Waals surface area (Å²) in [5.41, 5.74) is 0. The fraction of sp³-hybridized carbons (Fsp3) is 0.278. The Morgan fingerprint density at radius 3 is 3.04 bits per heavy atom. The topological polar surface area (TPSA) is 90.4 Å². The van der Waals surface area contributed by atoms with Gasteiger partial charge in [0.15, 0.2) is 16.7 Å². The molecule has 27 heavy (non-hydrogen) atoms. The Morgan fingerprint density at radius 1 is 1.26 bits per heavy atom. The van der Waals surface area contributed by atoms with E-state index in [9.17, 15) is 0 Å². The standard InChI is InChI=1S/C18H19N5O3S/c1-2-13(9-19-3-1)26-14-8-16(25-12-15-10-20-4-6-24-15)17(22-11-14)23-18-21-5-7-27-18/h1-3,5,7-9,11,15,20H,4,6,10,12H2,(H,21,22,23). The smallest absolute Gasteiger partial charge is 0.188 e. The van der Waals surface area contributed by atoms with E-state index in [1.54, 1.807) is 30.9 Å². The highest BCUT2D eigenvalue weighted by atomic mass is 32.1. The molecule has 1 aliphatic heterocycles. The van der Waals surface area contributed by atoms with Gasteiger partial charge in [-0.15, -0.1) is 11.3 Å². The third-order valence-electron chi connectivity index (χ3n) is 3.78. The molecule has 140 valence electrons. The predicted molar refractivity (Wildman–Crippen MR) is 102 cm³/mol. The minimum absolute atomic E-state index is 0.00522. The first-order valence-corrected chi connectivity index (χ1v) is 9.44. The molecule has 1 unspecified atom stereocenters. The van der Waals surface area contributed by atoms with Crippen LogP contribution in [0.3, 0.4) is 0 Å². The number of aromatic nitrogens is 3. The van der Waals surface area contributed by atoms with Crippen LogP contribution in [0.1, 0.15) is 0 Å². The zero-order chi connectivity index (χ0) is 18.3. The molecule has 3 aromatic heterocycles. The summed E-state index contributed by atoms with van der Waals surface area (Å²) in [6, 6.07) is 5.44. The Labute approximate surface area is 160 Å². The van der Waals surface area contributed by atoms with Crippen LogP contribution < -0.4 is 20.1 Å². The first-order chi connectivity index (χ1) is 13.4. The van der Waals surface area contributed by atoms with E-state index in [4.69, 9.17) is 14.2 Å². The van der Waals surface area contributed by atoms with E-state index >= 15 is 0 Å². The van der Waals surface area contributed by atoms with Crippen LogP contribution in [0.2, 0.25) is 0 Å². The van der Waals surface area contributed by atoms with Gasteiger partial charge in [0.05, 0.1) is 19.0 Å². The average molecular weight is 385 g/mol. The van der Waals surface area contributed by atoms with Gasteiger partial charge < -0.3 is 24.8 Å². The molecule has 1 saturated heterocycles. The van der Waals surface area contributed by atoms with Gasteiger partial charge in [0.1, 0.15) is 24.2 Å². The summed E-state index contributed by atoms with van der Waals surface area (Å²) in [6.07, 6.45) is 6.70. The van der Waals surface area contributed by atoms with Gasteiger partial charge in [-0.3, -0.25) is 4.98 Å². The normalized spacial score (nSPS) is 16.7. The summed E-state index contributed by atoms with van der Waals surface area (Å²) in [7, 11) is 0. The van der Waals surface area contributed by atoms with Crippen molar-refractivity contribution in [2.45, 2.75) is 6.10 Å². The number of ether oxygens (including phenoxy) is 3. The molecule has 0 saturated carbocycles. The summed E-state index contributed by atoms with van der Waals surface area (Å²) < 4.78 is 17.5. The van der Waals surface area contributed by atoms with Crippen LogP contribution in [-0.2, 0) is 4.74 Å². The fourth-order valence-electron chi connectivity index (χ4n) is 2.53. The molecular weight excluding hydrogens is 366 g/mol. The Morgan fingerprint density at radius 2 is 2.26 bits per heavy atom. The van der Waals surface area contributed by atoms with Gasteiger partial charge in [0, 0.05) is 36.9 Å². The van der Waals surface area contributed by atoms with E-state index in [-0.39, 0.29) is 6.10 Å². The number of pyridine rings is 2. The minimum Gasteiger partial charge on any atom is -0.487 e. The van der Waals surface area contributed by atoms with Crippen molar-refractivity contribution < 1.29 is 14.2 Å². The second kappa shape index (κ2) is 8.76. The van der Waals surface area contributed by atoms with Crippen molar-refractivity contribution in [2.75, 3.05) is 31.6 Å². The maximum Gasteiger partial charge on any atom is 0.188 e. The van der Waals surface area contributed by atoms with Gasteiger partial charge in [-0.1, -0.05) is 0 Å². The summed E-state index contributed by atoms with van der Waals surface area (Å²) in [5.74, 6) is 2.34. The molecule has 4 rings (SSSR count). The number of hydrogen-bond donors (Lipinski definition) is 2. The lowest BCUT2D eigenvalue weighted by atomic mass is 10.3. The second-order valence-corrected chi connectivity index (χ2v) is 6.67. The van der Waals surface area contributed by atoms with Gasteiger partial charge in [-0.2, -0.15) is 0 Å². The van der Waals surface area contributed by atoms with Crippen molar-refractivity contribution in [1.82, 2.24) is 20.3 Å². The van der Waals surface area contributed by atoms with Crippen molar-refractivity contribution in [2.24, 2.45) is 0 Å². The second-order valence-electron chi connectivity index (χ2n) is 5.78. The Hall–Kier alpha value is -2.75. The van der Waals surface area contributed by atoms with Gasteiger partial charge in [0.2, 0.25) is 0 Å². The van der Waals surface area contributed by atoms with Crippen molar-refractivity contribution >= 4 is 22.3 Å². The summed E-state index contributed by atoms with van der Waals surface area (Å²) in [4.78, 5) is 12.7. The molecule has 9 heteroatoms. The van der Waals surface area contributed by atoms with Crippen molar-refractivity contribution in [3.63, 3.8) is 0 Å². The number of nitrogens with zero attached hydrogens (tertiary/aromatic N) is 3. The van der Waals surface area contributed by atoms with Crippen LogP contribution in [0.15, 0.2) is 48.4 Å². The SMILES string of the molecule is c1cncc(Oc2cnc(Nc3nccs3)c(OCC3CNCCO3)c2)c1. The zero-order valence-electron chi connectivity index (χ0n) is 14.5. The zero-order valence-corrected chi connectivity index (χ0v) is 15.3. The first kappa shape index (κ1) is 17.7. The fourth-order valence-corrected chi connectivity index (χ4v) is 3.05. The number of thiazole rings is 1. The lowest BCUT2D eigenvalue weighted by Gasteiger charge is -2.24. The van der Waals surface area contributed by atoms with Crippen molar-refractivity contribution in [3.8, 4) is 17.2 Å². The molecule has 4 heterocycles. The monoisotopic (exact) mass is 385 g/mol. The Bertz CT molecular complexity index is 841. The van der Waals surface area contributed by atoms with Gasteiger partial charge in [0.25, 0.3) is 0 Å². The Balaban J connectivity index is 1.52. The van der Waals surface area contributed by atoms with E-state index in [0.29, 0.717) is 36.3 Å². The lowest BCUT2D eigenvalue weighted by molar-refractivity contribution is 0.000262. The Kier molecular flexibility index (Phi) is 5.73. The molecule has 3 aromatic rings. The molecule has 8 nitrogen and oxygen atoms in total. The van der Waals surface area contributed by atoms with Crippen LogP contribution in [0, 0.1) is 0 Å². The maximum atomic E-state index is 5.99. The van der Waals surface area contributed by atoms with E-state index in [1.165, 1.54) is 11.3 Å². The van der Waals surface area contributed by atoms with Crippen LogP contribution in [0.5, 0.6) is 17.2 Å². The maximum absolute atomic E-state index is 5.99. The number of hydrogen-bond acceptors (Lipinski definition) is 9. The van der Waals surface area contributed by atoms with Crippen LogP contribution in [-0.4, -0.2) is 47.4 Å². The van der Waals surface area contributed by atoms with Crippen molar-refractivity contribution in [1.29, 1.82) is 0 Å². The minimum atomic E-state index is -0.00522. The van der Waals surface area contributed by atoms with Crippen LogP contribution in [0.4, 0.5) is 10.9 Å². The predicted octanol–water partition coefficient (Wildman–Crippen LogP) is 2.84. The number of anilines is 2. The molecule has 1 atom stereocenters. The summed E-state index contributed by atoms with van der Waals surface area (Å²) in [6.45, 7) is 2.72. The van der Waals surface area contributed by atoms with Gasteiger partial charge in [-0.05, 0) is 12.1 Å². The van der Waals surface area contributed by atoms with Gasteiger partial charge >= 0.3 is 0 Å². The quantitative estimate of drug-likeness (QED) is 0.642. The van der Waals surface area contributed by atoms with E-state index in [1.807, 2.05) is 17.5 Å². The molecule has 0 spiro atoms. The van der Waals surface area contributed by atoms with Crippen LogP contribution >= 0.6 is 11.3 Å². The van der Waals surface area contributed by atoms with Crippen LogP contribution in [0.25, 0.3) is 0 Å². The largest absolute Gasteiger partial charge is 0.487 e. The lowest BCUT2D eigenvalue weighted by Crippen LogP contribution is -2.41. The number of morpholine rings is 1. The molecule has 0 aliphatic carbocycles. The molecule has 0 radical (unpaired) electrons. The van der Waals surface area contributed by atoms with Crippen molar-refractivity contribution in [3.05, 3.63) is 48.4 Å². The molecule has 1 fully saturated rings. The highest BCUT2D eigenvalue weighted by Gasteiger charge is 2.16. The van der Waals surface area contributed by atoms with Gasteiger partial charge in [-0.25, -0.2) is 9.97 Å². The molecule has 2 N–H and O–H groups in total. The molecule has 1 aliphatic rings. The third-order valence-corrected chi connectivity index (χ3v) is 4.47. The highest BCUT2D eigenvalue weighted by molar-refractivity contribution is 7.13.